The van der Waals surface area contributed by atoms with Crippen molar-refractivity contribution in [1.29, 1.82) is 0 Å². The van der Waals surface area contributed by atoms with Gasteiger partial charge in [-0.3, -0.25) is 25.0 Å². The average molecular weight is 412 g/mol. The number of aromatic amines is 1. The van der Waals surface area contributed by atoms with E-state index in [9.17, 15) is 14.9 Å². The van der Waals surface area contributed by atoms with Gasteiger partial charge in [-0.05, 0) is 37.6 Å². The minimum absolute atomic E-state index is 0.0319. The van der Waals surface area contributed by atoms with Crippen LogP contribution in [0.15, 0.2) is 88.6 Å². The van der Waals surface area contributed by atoms with Crippen molar-refractivity contribution < 1.29 is 4.92 Å². The third kappa shape index (κ3) is 3.93. The molecule has 0 radical (unpaired) electrons. The number of H-pyrrole nitrogens is 1. The fraction of sp³-hybridized carbons (Fsp3) is 0.0833. The van der Waals surface area contributed by atoms with Crippen molar-refractivity contribution in [2.45, 2.75) is 13.8 Å². The van der Waals surface area contributed by atoms with Gasteiger partial charge in [0.05, 0.1) is 27.6 Å². The number of aryl methyl sites for hydroxylation is 1. The van der Waals surface area contributed by atoms with Crippen molar-refractivity contribution in [2.75, 3.05) is 0 Å². The molecule has 0 saturated heterocycles. The minimum Gasteiger partial charge on any atom is -0.295 e. The highest BCUT2D eigenvalue weighted by molar-refractivity contribution is 6.01. The van der Waals surface area contributed by atoms with Crippen molar-refractivity contribution in [3.63, 3.8) is 0 Å². The lowest BCUT2D eigenvalue weighted by Crippen LogP contribution is -2.19. The van der Waals surface area contributed by atoms with Crippen LogP contribution in [0.2, 0.25) is 0 Å². The molecule has 1 aromatic heterocycles. The maximum Gasteiger partial charge on any atom is 0.280 e. The van der Waals surface area contributed by atoms with Gasteiger partial charge in [-0.1, -0.05) is 48.5 Å². The van der Waals surface area contributed by atoms with Crippen LogP contribution in [0.5, 0.6) is 0 Å². The van der Waals surface area contributed by atoms with Crippen LogP contribution in [0, 0.1) is 17.0 Å². The highest BCUT2D eigenvalue weighted by atomic mass is 16.6. The van der Waals surface area contributed by atoms with E-state index >= 15 is 0 Å². The average Bonchev–Trinajstić information content (AvgIpc) is 3.08. The van der Waals surface area contributed by atoms with E-state index in [-0.39, 0.29) is 11.2 Å². The number of nitro benzene ring substituents is 1. The summed E-state index contributed by atoms with van der Waals surface area (Å²) in [4.78, 5) is 28.3. The van der Waals surface area contributed by atoms with E-state index < -0.39 is 4.92 Å². The Bertz CT molecular complexity index is 1330. The Morgan fingerprint density at radius 1 is 0.968 bits per heavy atom. The number of nitrogens with zero attached hydrogens (tertiary/aromatic N) is 3. The van der Waals surface area contributed by atoms with E-state index in [0.717, 1.165) is 16.8 Å². The van der Waals surface area contributed by atoms with Gasteiger partial charge in [0, 0.05) is 23.4 Å². The number of nitro groups is 1. The number of benzene rings is 3. The summed E-state index contributed by atoms with van der Waals surface area (Å²) in [7, 11) is 0. The van der Waals surface area contributed by atoms with Crippen LogP contribution in [0.4, 0.5) is 11.4 Å². The molecule has 0 fully saturated rings. The molecule has 0 spiro atoms. The van der Waals surface area contributed by atoms with Gasteiger partial charge in [0.1, 0.15) is 0 Å². The third-order valence-electron chi connectivity index (χ3n) is 5.03. The first-order valence-electron chi connectivity index (χ1n) is 9.72. The van der Waals surface area contributed by atoms with Crippen LogP contribution < -0.4 is 5.56 Å². The molecule has 7 nitrogen and oxygen atoms in total. The Morgan fingerprint density at radius 3 is 2.29 bits per heavy atom. The Morgan fingerprint density at radius 2 is 1.61 bits per heavy atom. The van der Waals surface area contributed by atoms with Crippen LogP contribution in [-0.4, -0.2) is 20.4 Å². The molecule has 1 heterocycles. The summed E-state index contributed by atoms with van der Waals surface area (Å²) >= 11 is 0. The van der Waals surface area contributed by atoms with Crippen molar-refractivity contribution in [2.24, 2.45) is 4.99 Å². The van der Waals surface area contributed by atoms with Crippen molar-refractivity contribution in [3.05, 3.63) is 111 Å². The summed E-state index contributed by atoms with van der Waals surface area (Å²) in [5.41, 5.74) is 4.75. The molecule has 1 N–H and O–H groups in total. The van der Waals surface area contributed by atoms with Crippen LogP contribution in [-0.2, 0) is 0 Å². The molecule has 0 atom stereocenters. The smallest absolute Gasteiger partial charge is 0.280 e. The number of hydrogen-bond donors (Lipinski definition) is 1. The Kier molecular flexibility index (Phi) is 5.32. The number of rotatable bonds is 5. The number of para-hydroxylation sites is 1. The van der Waals surface area contributed by atoms with Crippen molar-refractivity contribution in [1.82, 2.24) is 9.78 Å². The molecular weight excluding hydrogens is 392 g/mol. The largest absolute Gasteiger partial charge is 0.295 e. The molecule has 0 bridgehead atoms. The van der Waals surface area contributed by atoms with Gasteiger partial charge < -0.3 is 0 Å². The standard InChI is InChI=1S/C24H20N4O3/c1-16(25-22-11-7-6-10-21(22)18-8-4-3-5-9-18)23-17(2)26-27(24(23)29)19-12-14-20(15-13-19)28(30)31/h3-15,26H,1-2H3. The fourth-order valence-electron chi connectivity index (χ4n) is 3.55. The van der Waals surface area contributed by atoms with Crippen LogP contribution in [0.1, 0.15) is 18.2 Å². The molecule has 7 heteroatoms. The topological polar surface area (TPSA) is 93.3 Å². The first kappa shape index (κ1) is 20.0. The molecule has 4 aromatic rings. The van der Waals surface area contributed by atoms with E-state index in [1.165, 1.54) is 28.9 Å². The Balaban J connectivity index is 1.76. The monoisotopic (exact) mass is 412 g/mol. The maximum atomic E-state index is 13.1. The summed E-state index contributed by atoms with van der Waals surface area (Å²) in [6, 6.07) is 23.6. The number of non-ortho nitro benzene ring substituents is 1. The lowest BCUT2D eigenvalue weighted by molar-refractivity contribution is -0.384. The normalized spacial score (nSPS) is 11.5. The number of aliphatic imine (C=N–C) groups is 1. The number of aromatic nitrogens is 2. The van der Waals surface area contributed by atoms with E-state index in [4.69, 9.17) is 4.99 Å². The molecule has 0 saturated carbocycles. The minimum atomic E-state index is -0.473. The zero-order valence-corrected chi connectivity index (χ0v) is 17.1. The van der Waals surface area contributed by atoms with Gasteiger partial charge in [0.15, 0.2) is 0 Å². The van der Waals surface area contributed by atoms with Crippen molar-refractivity contribution >= 4 is 17.1 Å². The van der Waals surface area contributed by atoms with Gasteiger partial charge >= 0.3 is 0 Å². The van der Waals surface area contributed by atoms with E-state index in [2.05, 4.69) is 5.10 Å². The Labute approximate surface area is 178 Å². The highest BCUT2D eigenvalue weighted by Crippen LogP contribution is 2.30. The lowest BCUT2D eigenvalue weighted by Gasteiger charge is -2.07. The van der Waals surface area contributed by atoms with E-state index in [0.29, 0.717) is 22.7 Å². The molecule has 0 unspecified atom stereocenters. The molecule has 154 valence electrons. The molecule has 0 aliphatic carbocycles. The van der Waals surface area contributed by atoms with Crippen molar-refractivity contribution in [3.8, 4) is 16.8 Å². The van der Waals surface area contributed by atoms with Gasteiger partial charge in [-0.25, -0.2) is 4.68 Å². The second-order valence-electron chi connectivity index (χ2n) is 7.11. The SMILES string of the molecule is CC(=Nc1ccccc1-c1ccccc1)c1c(C)[nH]n(-c2ccc([N+](=O)[O-])cc2)c1=O. The van der Waals surface area contributed by atoms with Gasteiger partial charge in [-0.15, -0.1) is 0 Å². The number of hydrogen-bond acceptors (Lipinski definition) is 4. The molecule has 0 aliphatic rings. The summed E-state index contributed by atoms with van der Waals surface area (Å²) < 4.78 is 1.37. The van der Waals surface area contributed by atoms with Gasteiger partial charge in [0.2, 0.25) is 0 Å². The summed E-state index contributed by atoms with van der Waals surface area (Å²) in [5.74, 6) is 0. The fourth-order valence-corrected chi connectivity index (χ4v) is 3.55. The summed E-state index contributed by atoms with van der Waals surface area (Å²) in [6.45, 7) is 3.61. The zero-order valence-electron chi connectivity index (χ0n) is 17.1. The molecule has 0 amide bonds. The third-order valence-corrected chi connectivity index (χ3v) is 5.03. The maximum absolute atomic E-state index is 13.1. The Hall–Kier alpha value is -4.26. The molecule has 4 rings (SSSR count). The second-order valence-corrected chi connectivity index (χ2v) is 7.11. The van der Waals surface area contributed by atoms with Gasteiger partial charge in [-0.2, -0.15) is 0 Å². The van der Waals surface area contributed by atoms with E-state index in [1.54, 1.807) is 13.8 Å². The number of nitrogens with one attached hydrogen (secondary N) is 1. The molecule has 3 aromatic carbocycles. The summed E-state index contributed by atoms with van der Waals surface area (Å²) in [5, 5.41) is 13.9. The lowest BCUT2D eigenvalue weighted by atomic mass is 10.0. The second kappa shape index (κ2) is 8.23. The predicted octanol–water partition coefficient (Wildman–Crippen LogP) is 5.19. The van der Waals surface area contributed by atoms with E-state index in [1.807, 2.05) is 54.6 Å². The quantitative estimate of drug-likeness (QED) is 0.278. The van der Waals surface area contributed by atoms with Crippen LogP contribution in [0.25, 0.3) is 16.8 Å². The van der Waals surface area contributed by atoms with Crippen LogP contribution in [0.3, 0.4) is 0 Å². The van der Waals surface area contributed by atoms with Crippen LogP contribution >= 0.6 is 0 Å². The summed E-state index contributed by atoms with van der Waals surface area (Å²) in [6.07, 6.45) is 0. The highest BCUT2D eigenvalue weighted by Gasteiger charge is 2.16. The first-order valence-corrected chi connectivity index (χ1v) is 9.72. The molecular formula is C24H20N4O3. The first-order chi connectivity index (χ1) is 15.0. The zero-order chi connectivity index (χ0) is 22.0. The predicted molar refractivity (Wildman–Crippen MR) is 122 cm³/mol. The van der Waals surface area contributed by atoms with Gasteiger partial charge in [0.25, 0.3) is 11.2 Å². The molecule has 0 aliphatic heterocycles. The molecule has 31 heavy (non-hydrogen) atoms.